The highest BCUT2D eigenvalue weighted by atomic mass is 32.2. The first-order valence-electron chi connectivity index (χ1n) is 8.42. The zero-order valence-corrected chi connectivity index (χ0v) is 15.6. The molecule has 1 aromatic rings. The number of hydrogen-bond acceptors (Lipinski definition) is 5. The van der Waals surface area contributed by atoms with Gasteiger partial charge in [0.2, 0.25) is 15.9 Å². The number of carbonyl (C=O) groups excluding carboxylic acids is 1. The first-order valence-corrected chi connectivity index (χ1v) is 9.86. The summed E-state index contributed by atoms with van der Waals surface area (Å²) in [6.45, 7) is 4.16. The van der Waals surface area contributed by atoms with E-state index in [1.54, 1.807) is 24.1 Å². The Morgan fingerprint density at radius 2 is 1.72 bits per heavy atom. The third-order valence-corrected chi connectivity index (χ3v) is 6.13. The largest absolute Gasteiger partial charge is 0.382 e. The summed E-state index contributed by atoms with van der Waals surface area (Å²) >= 11 is 0. The molecular formula is C17H26N2O5S. The molecule has 1 amide bonds. The van der Waals surface area contributed by atoms with Gasteiger partial charge in [-0.3, -0.25) is 4.79 Å². The van der Waals surface area contributed by atoms with Crippen LogP contribution in [0.5, 0.6) is 0 Å². The summed E-state index contributed by atoms with van der Waals surface area (Å²) in [6.07, 6.45) is 0.869. The van der Waals surface area contributed by atoms with Crippen molar-refractivity contribution in [3.05, 3.63) is 29.8 Å². The van der Waals surface area contributed by atoms with E-state index in [2.05, 4.69) is 0 Å². The molecule has 0 unspecified atom stereocenters. The summed E-state index contributed by atoms with van der Waals surface area (Å²) in [5.41, 5.74) is 1.10. The Morgan fingerprint density at radius 1 is 1.08 bits per heavy atom. The summed E-state index contributed by atoms with van der Waals surface area (Å²) < 4.78 is 36.9. The molecule has 0 saturated carbocycles. The summed E-state index contributed by atoms with van der Waals surface area (Å²) in [7, 11) is -1.94. The Hall–Kier alpha value is -1.48. The van der Waals surface area contributed by atoms with Crippen molar-refractivity contribution in [3.63, 3.8) is 0 Å². The summed E-state index contributed by atoms with van der Waals surface area (Å²) in [6, 6.07) is 6.97. The van der Waals surface area contributed by atoms with Crippen LogP contribution in [0.15, 0.2) is 29.2 Å². The van der Waals surface area contributed by atoms with Crippen LogP contribution in [0.2, 0.25) is 0 Å². The zero-order valence-electron chi connectivity index (χ0n) is 14.8. The van der Waals surface area contributed by atoms with Crippen LogP contribution in [0.4, 0.5) is 0 Å². The summed E-state index contributed by atoms with van der Waals surface area (Å²) in [5.74, 6) is -0.125. The van der Waals surface area contributed by atoms with Crippen LogP contribution in [-0.4, -0.2) is 76.6 Å². The third kappa shape index (κ3) is 5.24. The van der Waals surface area contributed by atoms with Gasteiger partial charge in [-0.05, 0) is 24.1 Å². The van der Waals surface area contributed by atoms with Gasteiger partial charge in [0.1, 0.15) is 6.61 Å². The lowest BCUT2D eigenvalue weighted by Crippen LogP contribution is -2.51. The molecule has 0 spiro atoms. The zero-order chi connectivity index (χ0) is 18.3. The van der Waals surface area contributed by atoms with E-state index >= 15 is 0 Å². The van der Waals surface area contributed by atoms with E-state index in [1.807, 2.05) is 19.1 Å². The quantitative estimate of drug-likeness (QED) is 0.631. The Morgan fingerprint density at radius 3 is 2.28 bits per heavy atom. The molecule has 0 aromatic heterocycles. The van der Waals surface area contributed by atoms with Gasteiger partial charge in [-0.25, -0.2) is 8.42 Å². The summed E-state index contributed by atoms with van der Waals surface area (Å²) in [5, 5.41) is 0. The van der Waals surface area contributed by atoms with Gasteiger partial charge in [-0.1, -0.05) is 19.1 Å². The molecule has 25 heavy (non-hydrogen) atoms. The van der Waals surface area contributed by atoms with Crippen LogP contribution in [-0.2, 0) is 30.7 Å². The van der Waals surface area contributed by atoms with Crippen LogP contribution >= 0.6 is 0 Å². The lowest BCUT2D eigenvalue weighted by atomic mass is 10.2. The number of nitrogens with zero attached hydrogens (tertiary/aromatic N) is 2. The van der Waals surface area contributed by atoms with Crippen LogP contribution in [0.1, 0.15) is 12.5 Å². The van der Waals surface area contributed by atoms with Crippen molar-refractivity contribution >= 4 is 15.9 Å². The molecule has 1 fully saturated rings. The van der Waals surface area contributed by atoms with Gasteiger partial charge in [0.15, 0.2) is 0 Å². The highest BCUT2D eigenvalue weighted by Crippen LogP contribution is 2.18. The monoisotopic (exact) mass is 370 g/mol. The molecule has 7 nitrogen and oxygen atoms in total. The Kier molecular flexibility index (Phi) is 7.37. The molecule has 1 aromatic carbocycles. The highest BCUT2D eigenvalue weighted by Gasteiger charge is 2.29. The van der Waals surface area contributed by atoms with Crippen LogP contribution in [0.3, 0.4) is 0 Å². The molecule has 1 aliphatic rings. The maximum atomic E-state index is 12.7. The predicted octanol–water partition coefficient (Wildman–Crippen LogP) is 0.745. The maximum Gasteiger partial charge on any atom is 0.248 e. The first kappa shape index (κ1) is 19.8. The smallest absolute Gasteiger partial charge is 0.248 e. The van der Waals surface area contributed by atoms with Crippen molar-refractivity contribution in [1.82, 2.24) is 9.21 Å². The van der Waals surface area contributed by atoms with Crippen molar-refractivity contribution in [2.24, 2.45) is 0 Å². The Bertz CT molecular complexity index is 652. The van der Waals surface area contributed by atoms with Gasteiger partial charge >= 0.3 is 0 Å². The maximum absolute atomic E-state index is 12.7. The minimum Gasteiger partial charge on any atom is -0.382 e. The minimum absolute atomic E-state index is 0.00537. The molecule has 140 valence electrons. The van der Waals surface area contributed by atoms with Crippen molar-refractivity contribution in [3.8, 4) is 0 Å². The van der Waals surface area contributed by atoms with Crippen molar-refractivity contribution in [1.29, 1.82) is 0 Å². The fourth-order valence-electron chi connectivity index (χ4n) is 2.62. The van der Waals surface area contributed by atoms with Crippen LogP contribution < -0.4 is 0 Å². The number of amides is 1. The molecule has 0 aliphatic carbocycles. The molecule has 2 rings (SSSR count). The SMILES string of the molecule is CCc1ccc(S(=O)(=O)N2CCN(C(=O)COCCOC)CC2)cc1. The fourth-order valence-corrected chi connectivity index (χ4v) is 4.04. The lowest BCUT2D eigenvalue weighted by molar-refractivity contribution is -0.137. The number of ether oxygens (including phenoxy) is 2. The number of hydrogen-bond donors (Lipinski definition) is 0. The van der Waals surface area contributed by atoms with Gasteiger partial charge in [0, 0.05) is 33.3 Å². The van der Waals surface area contributed by atoms with Gasteiger partial charge in [-0.2, -0.15) is 4.31 Å². The minimum atomic E-state index is -3.51. The lowest BCUT2D eigenvalue weighted by Gasteiger charge is -2.34. The molecule has 8 heteroatoms. The number of methoxy groups -OCH3 is 1. The first-order chi connectivity index (χ1) is 12.0. The van der Waals surface area contributed by atoms with E-state index in [0.717, 1.165) is 12.0 Å². The van der Waals surface area contributed by atoms with E-state index in [0.29, 0.717) is 44.3 Å². The van der Waals surface area contributed by atoms with Crippen molar-refractivity contribution in [2.75, 3.05) is 53.1 Å². The van der Waals surface area contributed by atoms with Gasteiger partial charge < -0.3 is 14.4 Å². The molecular weight excluding hydrogens is 344 g/mol. The average molecular weight is 370 g/mol. The number of carbonyl (C=O) groups is 1. The van der Waals surface area contributed by atoms with E-state index in [4.69, 9.17) is 9.47 Å². The van der Waals surface area contributed by atoms with Gasteiger partial charge in [-0.15, -0.1) is 0 Å². The predicted molar refractivity (Wildman–Crippen MR) is 93.9 cm³/mol. The second-order valence-corrected chi connectivity index (χ2v) is 7.77. The Labute approximate surface area is 149 Å². The molecule has 0 radical (unpaired) electrons. The van der Waals surface area contributed by atoms with E-state index in [-0.39, 0.29) is 12.5 Å². The average Bonchev–Trinajstić information content (AvgIpc) is 2.65. The van der Waals surface area contributed by atoms with E-state index < -0.39 is 10.0 Å². The number of sulfonamides is 1. The number of benzene rings is 1. The molecule has 1 saturated heterocycles. The van der Waals surface area contributed by atoms with E-state index in [9.17, 15) is 13.2 Å². The highest BCUT2D eigenvalue weighted by molar-refractivity contribution is 7.89. The molecule has 1 heterocycles. The standard InChI is InChI=1S/C17H26N2O5S/c1-3-15-4-6-16(7-5-15)25(21,22)19-10-8-18(9-11-19)17(20)14-24-13-12-23-2/h4-7H,3,8-14H2,1-2H3. The van der Waals surface area contributed by atoms with Gasteiger partial charge in [0.05, 0.1) is 18.1 Å². The normalized spacial score (nSPS) is 16.2. The van der Waals surface area contributed by atoms with E-state index in [1.165, 1.54) is 4.31 Å². The van der Waals surface area contributed by atoms with Gasteiger partial charge in [0.25, 0.3) is 0 Å². The number of piperazine rings is 1. The van der Waals surface area contributed by atoms with Crippen molar-refractivity contribution in [2.45, 2.75) is 18.2 Å². The second-order valence-electron chi connectivity index (χ2n) is 5.83. The number of aryl methyl sites for hydroxylation is 1. The molecule has 0 N–H and O–H groups in total. The van der Waals surface area contributed by atoms with Crippen LogP contribution in [0.25, 0.3) is 0 Å². The second kappa shape index (κ2) is 9.28. The molecule has 1 aliphatic heterocycles. The third-order valence-electron chi connectivity index (χ3n) is 4.22. The topological polar surface area (TPSA) is 76.2 Å². The molecule has 0 bridgehead atoms. The van der Waals surface area contributed by atoms with Crippen LogP contribution in [0, 0.1) is 0 Å². The molecule has 0 atom stereocenters. The van der Waals surface area contributed by atoms with Crippen molar-refractivity contribution < 1.29 is 22.7 Å². The summed E-state index contributed by atoms with van der Waals surface area (Å²) in [4.78, 5) is 14.0. The number of rotatable bonds is 8. The Balaban J connectivity index is 1.88. The fraction of sp³-hybridized carbons (Fsp3) is 0.588.